The van der Waals surface area contributed by atoms with Crippen LogP contribution >= 0.6 is 11.6 Å². The van der Waals surface area contributed by atoms with Gasteiger partial charge in [0.2, 0.25) is 15.9 Å². The number of hydrogen-bond acceptors (Lipinski definition) is 5. The Balaban J connectivity index is 1.33. The van der Waals surface area contributed by atoms with Gasteiger partial charge in [0.25, 0.3) is 0 Å². The van der Waals surface area contributed by atoms with Crippen LogP contribution in [-0.2, 0) is 26.0 Å². The first-order valence-electron chi connectivity index (χ1n) is 14.8. The summed E-state index contributed by atoms with van der Waals surface area (Å²) in [5, 5.41) is 6.72. The molecule has 10 heteroatoms. The minimum Gasteiger partial charge on any atom is -0.381 e. The van der Waals surface area contributed by atoms with Crippen LogP contribution in [0.25, 0.3) is 0 Å². The molecular formula is C31H41ClFN3O4S. The van der Waals surface area contributed by atoms with Crippen molar-refractivity contribution in [1.29, 1.82) is 0 Å². The van der Waals surface area contributed by atoms with Crippen molar-refractivity contribution in [2.75, 3.05) is 31.6 Å². The van der Waals surface area contributed by atoms with E-state index in [4.69, 9.17) is 16.3 Å². The van der Waals surface area contributed by atoms with Crippen LogP contribution in [0.3, 0.4) is 0 Å². The first kappa shape index (κ1) is 30.4. The highest BCUT2D eigenvalue weighted by atomic mass is 35.5. The molecular weight excluding hydrogens is 565 g/mol. The normalized spacial score (nSPS) is 24.1. The molecule has 41 heavy (non-hydrogen) atoms. The van der Waals surface area contributed by atoms with E-state index in [0.717, 1.165) is 18.4 Å². The van der Waals surface area contributed by atoms with E-state index in [0.29, 0.717) is 68.3 Å². The lowest BCUT2D eigenvalue weighted by Gasteiger charge is -2.40. The number of piperazine rings is 1. The Kier molecular flexibility index (Phi) is 9.71. The lowest BCUT2D eigenvalue weighted by Crippen LogP contribution is -2.59. The van der Waals surface area contributed by atoms with Crippen LogP contribution in [0.2, 0.25) is 5.02 Å². The number of nitrogens with zero attached hydrogens (tertiary/aromatic N) is 1. The van der Waals surface area contributed by atoms with Gasteiger partial charge in [-0.3, -0.25) is 4.79 Å². The number of carbonyl (C=O) groups excluding carboxylic acids is 1. The van der Waals surface area contributed by atoms with Gasteiger partial charge in [0.15, 0.2) is 0 Å². The van der Waals surface area contributed by atoms with Gasteiger partial charge in [-0.25, -0.2) is 12.8 Å². The summed E-state index contributed by atoms with van der Waals surface area (Å²) in [4.78, 5) is 13.7. The number of ether oxygens (including phenoxy) is 1. The van der Waals surface area contributed by atoms with Gasteiger partial charge in [0.05, 0.1) is 5.25 Å². The van der Waals surface area contributed by atoms with E-state index >= 15 is 4.39 Å². The maximum Gasteiger partial charge on any atom is 0.227 e. The van der Waals surface area contributed by atoms with Crippen molar-refractivity contribution >= 4 is 33.2 Å². The predicted molar refractivity (Wildman–Crippen MR) is 160 cm³/mol. The predicted octanol–water partition coefficient (Wildman–Crippen LogP) is 5.35. The Bertz CT molecular complexity index is 1320. The monoisotopic (exact) mass is 605 g/mol. The number of nitrogens with one attached hydrogen (secondary N) is 2. The van der Waals surface area contributed by atoms with Crippen LogP contribution in [0.1, 0.15) is 63.0 Å². The largest absolute Gasteiger partial charge is 0.381 e. The number of halogens is 2. The van der Waals surface area contributed by atoms with Gasteiger partial charge in [-0.2, -0.15) is 4.31 Å². The van der Waals surface area contributed by atoms with E-state index in [1.54, 1.807) is 16.4 Å². The molecule has 7 nitrogen and oxygen atoms in total. The highest BCUT2D eigenvalue weighted by Crippen LogP contribution is 2.39. The Hall–Kier alpha value is -2.04. The van der Waals surface area contributed by atoms with Crippen LogP contribution in [0.4, 0.5) is 10.1 Å². The minimum absolute atomic E-state index is 0.0378. The van der Waals surface area contributed by atoms with Crippen LogP contribution in [0, 0.1) is 17.7 Å². The fraction of sp³-hybridized carbons (Fsp3) is 0.581. The first-order valence-corrected chi connectivity index (χ1v) is 16.7. The van der Waals surface area contributed by atoms with Crippen LogP contribution in [0.15, 0.2) is 42.5 Å². The van der Waals surface area contributed by atoms with E-state index in [1.165, 1.54) is 6.07 Å². The van der Waals surface area contributed by atoms with Crippen LogP contribution in [-0.4, -0.2) is 62.3 Å². The molecule has 4 atom stereocenters. The number of hydrogen-bond donors (Lipinski definition) is 2. The van der Waals surface area contributed by atoms with Crippen LogP contribution in [0.5, 0.6) is 0 Å². The Morgan fingerprint density at radius 1 is 1.12 bits per heavy atom. The quantitative estimate of drug-likeness (QED) is 0.381. The van der Waals surface area contributed by atoms with Gasteiger partial charge in [-0.05, 0) is 87.1 Å². The third kappa shape index (κ3) is 6.96. The van der Waals surface area contributed by atoms with Gasteiger partial charge in [-0.1, -0.05) is 36.7 Å². The van der Waals surface area contributed by atoms with Gasteiger partial charge in [0.1, 0.15) is 5.82 Å². The molecule has 2 aromatic rings. The summed E-state index contributed by atoms with van der Waals surface area (Å²) < 4.78 is 48.9. The van der Waals surface area contributed by atoms with Crippen molar-refractivity contribution < 1.29 is 22.3 Å². The Morgan fingerprint density at radius 2 is 1.83 bits per heavy atom. The summed E-state index contributed by atoms with van der Waals surface area (Å²) >= 11 is 6.15. The molecule has 1 aliphatic carbocycles. The van der Waals surface area contributed by atoms with Crippen molar-refractivity contribution in [3.05, 3.63) is 64.4 Å². The van der Waals surface area contributed by atoms with Gasteiger partial charge in [0, 0.05) is 60.6 Å². The number of carbonyl (C=O) groups is 1. The molecule has 0 unspecified atom stereocenters. The highest BCUT2D eigenvalue weighted by Gasteiger charge is 2.45. The maximum atomic E-state index is 15.2. The van der Waals surface area contributed by atoms with Crippen LogP contribution < -0.4 is 10.6 Å². The lowest BCUT2D eigenvalue weighted by molar-refractivity contribution is -0.120. The molecule has 1 amide bonds. The van der Waals surface area contributed by atoms with E-state index in [2.05, 4.69) is 10.6 Å². The molecule has 3 aliphatic rings. The maximum absolute atomic E-state index is 15.2. The minimum atomic E-state index is -3.38. The van der Waals surface area contributed by atoms with Crippen molar-refractivity contribution in [2.45, 2.75) is 75.6 Å². The highest BCUT2D eigenvalue weighted by molar-refractivity contribution is 7.90. The fourth-order valence-electron chi connectivity index (χ4n) is 6.60. The average molecular weight is 606 g/mol. The third-order valence-electron chi connectivity index (χ3n) is 8.94. The molecule has 5 rings (SSSR count). The van der Waals surface area contributed by atoms with Crippen molar-refractivity contribution in [1.82, 2.24) is 9.62 Å². The average Bonchev–Trinajstić information content (AvgIpc) is 3.81. The number of benzene rings is 2. The summed E-state index contributed by atoms with van der Waals surface area (Å²) in [7, 11) is -3.38. The van der Waals surface area contributed by atoms with E-state index in [1.807, 2.05) is 38.1 Å². The second-order valence-electron chi connectivity index (χ2n) is 11.8. The molecule has 2 heterocycles. The molecule has 1 saturated carbocycles. The second-order valence-corrected chi connectivity index (χ2v) is 14.4. The number of rotatable bonds is 10. The number of anilines is 1. The molecule has 2 aliphatic heterocycles. The van der Waals surface area contributed by atoms with E-state index < -0.39 is 15.8 Å². The van der Waals surface area contributed by atoms with Gasteiger partial charge >= 0.3 is 0 Å². The zero-order valence-corrected chi connectivity index (χ0v) is 25.4. The van der Waals surface area contributed by atoms with Crippen molar-refractivity contribution in [3.8, 4) is 0 Å². The summed E-state index contributed by atoms with van der Waals surface area (Å²) in [5.74, 6) is -0.711. The third-order valence-corrected chi connectivity index (χ3v) is 11.8. The summed E-state index contributed by atoms with van der Waals surface area (Å²) in [6, 6.07) is 12.0. The first-order chi connectivity index (χ1) is 19.7. The Labute approximate surface area is 248 Å². The summed E-state index contributed by atoms with van der Waals surface area (Å²) in [6.07, 6.45) is 3.91. The molecule has 2 N–H and O–H groups in total. The van der Waals surface area contributed by atoms with Gasteiger partial charge in [-0.15, -0.1) is 0 Å². The Morgan fingerprint density at radius 3 is 2.51 bits per heavy atom. The smallest absolute Gasteiger partial charge is 0.227 e. The summed E-state index contributed by atoms with van der Waals surface area (Å²) in [5.41, 5.74) is 1.90. The number of sulfonamides is 1. The molecule has 0 radical (unpaired) electrons. The molecule has 2 saturated heterocycles. The SMILES string of the molecule is C[C@H](C(=O)Nc1cccc(F)c1CC[C@H]1CNC[C@H](C)N1S(=O)(=O)C1CC1)[C@H](c1ccc(Cl)cc1)C1CCOCC1. The molecule has 0 bridgehead atoms. The fourth-order valence-corrected chi connectivity index (χ4v) is 8.98. The lowest BCUT2D eigenvalue weighted by atomic mass is 9.74. The molecule has 3 fully saturated rings. The van der Waals surface area contributed by atoms with Crippen molar-refractivity contribution in [2.24, 2.45) is 11.8 Å². The van der Waals surface area contributed by atoms with Gasteiger partial charge < -0.3 is 15.4 Å². The molecule has 2 aromatic carbocycles. The molecule has 0 aromatic heterocycles. The second kappa shape index (κ2) is 13.1. The summed E-state index contributed by atoms with van der Waals surface area (Å²) in [6.45, 7) is 6.31. The standard InChI is InChI=1S/C31H41ClFN3O4S/c1-20-18-34-19-25(36(20)41(38,39)26-11-12-26)10-13-27-28(33)4-3-5-29(27)35-31(37)21(2)30(23-14-16-40-17-15-23)22-6-8-24(32)9-7-22/h3-9,20-21,23,25-26,30,34H,10-19H2,1-2H3,(H,35,37)/t20-,21-,25-,30+/m0/s1. The molecule has 0 spiro atoms. The topological polar surface area (TPSA) is 87.7 Å². The zero-order chi connectivity index (χ0) is 29.1. The number of amides is 1. The van der Waals surface area contributed by atoms with E-state index in [-0.39, 0.29) is 41.0 Å². The van der Waals surface area contributed by atoms with E-state index in [9.17, 15) is 13.2 Å². The zero-order valence-electron chi connectivity index (χ0n) is 23.8. The molecule has 224 valence electrons. The van der Waals surface area contributed by atoms with Crippen molar-refractivity contribution in [3.63, 3.8) is 0 Å².